The second-order valence-electron chi connectivity index (χ2n) is 2.98. The summed E-state index contributed by atoms with van der Waals surface area (Å²) in [6.45, 7) is 4.00. The highest BCUT2D eigenvalue weighted by atomic mass is 16.5. The molecule has 1 heterocycles. The van der Waals surface area contributed by atoms with E-state index < -0.39 is 0 Å². The Morgan fingerprint density at radius 3 is 2.92 bits per heavy atom. The van der Waals surface area contributed by atoms with Gasteiger partial charge in [0.1, 0.15) is 17.5 Å². The lowest BCUT2D eigenvalue weighted by atomic mass is 10.2. The highest BCUT2D eigenvalue weighted by molar-refractivity contribution is 5.90. The molecule has 0 aliphatic carbocycles. The van der Waals surface area contributed by atoms with Gasteiger partial charge in [-0.2, -0.15) is 0 Å². The van der Waals surface area contributed by atoms with E-state index >= 15 is 0 Å². The van der Waals surface area contributed by atoms with Crippen LogP contribution in [0, 0.1) is 0 Å². The Kier molecular flexibility index (Phi) is 1.61. The van der Waals surface area contributed by atoms with Crippen LogP contribution >= 0.6 is 0 Å². The van der Waals surface area contributed by atoms with Gasteiger partial charge in [0.2, 0.25) is 0 Å². The molecule has 1 aliphatic rings. The topological polar surface area (TPSA) is 21.6 Å². The van der Waals surface area contributed by atoms with Gasteiger partial charge in [-0.25, -0.2) is 0 Å². The van der Waals surface area contributed by atoms with Gasteiger partial charge in [0, 0.05) is 0 Å². The molecule has 0 aromatic heterocycles. The van der Waals surface area contributed by atoms with Gasteiger partial charge in [-0.1, -0.05) is 12.1 Å². The van der Waals surface area contributed by atoms with Crippen molar-refractivity contribution in [3.8, 4) is 5.75 Å². The smallest absolute Gasteiger partial charge is 0.145 e. The van der Waals surface area contributed by atoms with Crippen molar-refractivity contribution >= 4 is 11.4 Å². The summed E-state index contributed by atoms with van der Waals surface area (Å²) >= 11 is 0. The van der Waals surface area contributed by atoms with Gasteiger partial charge in [-0.15, -0.1) is 0 Å². The minimum absolute atomic E-state index is 0.111. The van der Waals surface area contributed by atoms with E-state index in [2.05, 4.69) is 4.99 Å². The van der Waals surface area contributed by atoms with Crippen LogP contribution in [-0.4, -0.2) is 11.8 Å². The maximum absolute atomic E-state index is 5.61. The van der Waals surface area contributed by atoms with Crippen molar-refractivity contribution < 1.29 is 4.74 Å². The van der Waals surface area contributed by atoms with Crippen LogP contribution in [0.5, 0.6) is 5.75 Å². The largest absolute Gasteiger partial charge is 0.483 e. The van der Waals surface area contributed by atoms with Crippen molar-refractivity contribution in [1.82, 2.24) is 0 Å². The van der Waals surface area contributed by atoms with Gasteiger partial charge < -0.3 is 4.74 Å². The number of ether oxygens (including phenoxy) is 1. The Morgan fingerprint density at radius 2 is 2.08 bits per heavy atom. The second-order valence-corrected chi connectivity index (χ2v) is 2.98. The summed E-state index contributed by atoms with van der Waals surface area (Å²) in [4.78, 5) is 4.42. The first-order chi connectivity index (χ1) is 5.77. The fraction of sp³-hybridized carbons (Fsp3) is 0.300. The normalized spacial score (nSPS) is 20.8. The lowest BCUT2D eigenvalue weighted by molar-refractivity contribution is 0.282. The Labute approximate surface area is 71.9 Å². The van der Waals surface area contributed by atoms with Crippen molar-refractivity contribution in [2.75, 3.05) is 0 Å². The Morgan fingerprint density at radius 1 is 1.33 bits per heavy atom. The SMILES string of the molecule is CC1=Nc2ccccc2OC1C. The summed E-state index contributed by atoms with van der Waals surface area (Å²) in [7, 11) is 0. The standard InChI is InChI=1S/C10H11NO/c1-7-8(2)12-10-6-4-3-5-9(10)11-7/h3-6,8H,1-2H3. The number of rotatable bonds is 0. The van der Waals surface area contributed by atoms with E-state index in [-0.39, 0.29) is 6.10 Å². The van der Waals surface area contributed by atoms with Crippen LogP contribution in [0.3, 0.4) is 0 Å². The number of nitrogens with zero attached hydrogens (tertiary/aromatic N) is 1. The van der Waals surface area contributed by atoms with Crippen LogP contribution in [0.15, 0.2) is 29.3 Å². The Hall–Kier alpha value is -1.31. The zero-order valence-corrected chi connectivity index (χ0v) is 7.24. The molecule has 2 heteroatoms. The molecule has 1 aromatic rings. The summed E-state index contributed by atoms with van der Waals surface area (Å²) in [5.74, 6) is 0.885. The third-order valence-electron chi connectivity index (χ3n) is 2.05. The number of hydrogen-bond acceptors (Lipinski definition) is 2. The summed E-state index contributed by atoms with van der Waals surface area (Å²) in [5, 5.41) is 0. The van der Waals surface area contributed by atoms with E-state index in [4.69, 9.17) is 4.74 Å². The molecule has 1 unspecified atom stereocenters. The van der Waals surface area contributed by atoms with Crippen LogP contribution in [0.4, 0.5) is 5.69 Å². The maximum atomic E-state index is 5.61. The van der Waals surface area contributed by atoms with Crippen molar-refractivity contribution in [3.05, 3.63) is 24.3 Å². The van der Waals surface area contributed by atoms with Gasteiger partial charge >= 0.3 is 0 Å². The lowest BCUT2D eigenvalue weighted by Gasteiger charge is -2.20. The van der Waals surface area contributed by atoms with Gasteiger partial charge in [0.15, 0.2) is 0 Å². The molecule has 1 aromatic carbocycles. The average molecular weight is 161 g/mol. The predicted octanol–water partition coefficient (Wildman–Crippen LogP) is 2.56. The summed E-state index contributed by atoms with van der Waals surface area (Å²) in [6, 6.07) is 7.84. The van der Waals surface area contributed by atoms with Crippen molar-refractivity contribution in [1.29, 1.82) is 0 Å². The monoisotopic (exact) mass is 161 g/mol. The van der Waals surface area contributed by atoms with E-state index in [0.717, 1.165) is 17.1 Å². The second kappa shape index (κ2) is 2.63. The van der Waals surface area contributed by atoms with E-state index in [9.17, 15) is 0 Å². The fourth-order valence-corrected chi connectivity index (χ4v) is 1.21. The molecule has 1 aliphatic heterocycles. The maximum Gasteiger partial charge on any atom is 0.145 e. The molecule has 0 spiro atoms. The third-order valence-corrected chi connectivity index (χ3v) is 2.05. The van der Waals surface area contributed by atoms with Gasteiger partial charge in [0.25, 0.3) is 0 Å². The van der Waals surface area contributed by atoms with Gasteiger partial charge in [-0.3, -0.25) is 4.99 Å². The fourth-order valence-electron chi connectivity index (χ4n) is 1.21. The van der Waals surface area contributed by atoms with Crippen LogP contribution < -0.4 is 4.74 Å². The van der Waals surface area contributed by atoms with E-state index in [0.29, 0.717) is 0 Å². The zero-order chi connectivity index (χ0) is 8.55. The molecule has 1 atom stereocenters. The van der Waals surface area contributed by atoms with Crippen molar-refractivity contribution in [2.45, 2.75) is 20.0 Å². The molecular weight excluding hydrogens is 150 g/mol. The van der Waals surface area contributed by atoms with E-state index in [1.54, 1.807) is 0 Å². The molecule has 0 N–H and O–H groups in total. The molecular formula is C10H11NO. The molecule has 12 heavy (non-hydrogen) atoms. The first-order valence-electron chi connectivity index (χ1n) is 4.08. The molecule has 62 valence electrons. The quantitative estimate of drug-likeness (QED) is 0.573. The average Bonchev–Trinajstić information content (AvgIpc) is 2.07. The molecule has 0 bridgehead atoms. The van der Waals surface area contributed by atoms with Crippen LogP contribution in [0.2, 0.25) is 0 Å². The number of para-hydroxylation sites is 2. The lowest BCUT2D eigenvalue weighted by Crippen LogP contribution is -2.23. The number of aliphatic imine (C=N–C) groups is 1. The highest BCUT2D eigenvalue weighted by Gasteiger charge is 2.15. The molecule has 2 rings (SSSR count). The van der Waals surface area contributed by atoms with E-state index in [1.807, 2.05) is 38.1 Å². The van der Waals surface area contributed by atoms with E-state index in [1.165, 1.54) is 0 Å². The van der Waals surface area contributed by atoms with Crippen LogP contribution in [0.25, 0.3) is 0 Å². The van der Waals surface area contributed by atoms with Gasteiger partial charge in [0.05, 0.1) is 5.71 Å². The molecule has 2 nitrogen and oxygen atoms in total. The number of fused-ring (bicyclic) bond motifs is 1. The minimum atomic E-state index is 0.111. The number of hydrogen-bond donors (Lipinski definition) is 0. The predicted molar refractivity (Wildman–Crippen MR) is 49.3 cm³/mol. The zero-order valence-electron chi connectivity index (χ0n) is 7.24. The Bertz CT molecular complexity index is 330. The van der Waals surface area contributed by atoms with Crippen molar-refractivity contribution in [3.63, 3.8) is 0 Å². The molecule has 0 saturated heterocycles. The minimum Gasteiger partial charge on any atom is -0.483 e. The summed E-state index contributed by atoms with van der Waals surface area (Å²) < 4.78 is 5.61. The first-order valence-corrected chi connectivity index (χ1v) is 4.08. The summed E-state index contributed by atoms with van der Waals surface area (Å²) in [5.41, 5.74) is 1.97. The van der Waals surface area contributed by atoms with Crippen LogP contribution in [0.1, 0.15) is 13.8 Å². The molecule has 0 saturated carbocycles. The highest BCUT2D eigenvalue weighted by Crippen LogP contribution is 2.31. The molecule has 0 fully saturated rings. The molecule has 0 amide bonds. The summed E-state index contributed by atoms with van der Waals surface area (Å²) in [6.07, 6.45) is 0.111. The van der Waals surface area contributed by atoms with Gasteiger partial charge in [-0.05, 0) is 26.0 Å². The van der Waals surface area contributed by atoms with Crippen molar-refractivity contribution in [2.24, 2.45) is 4.99 Å². The Balaban J connectivity index is 2.49. The number of benzene rings is 1. The third kappa shape index (κ3) is 1.09. The van der Waals surface area contributed by atoms with Crippen LogP contribution in [-0.2, 0) is 0 Å². The molecule has 0 radical (unpaired) electrons. The first kappa shape index (κ1) is 7.35.